The maximum Gasteiger partial charge on any atom is 0.341 e. The summed E-state index contributed by atoms with van der Waals surface area (Å²) in [5.41, 5.74) is 0.547. The van der Waals surface area contributed by atoms with Crippen LogP contribution in [0.4, 0.5) is 10.7 Å². The van der Waals surface area contributed by atoms with Gasteiger partial charge in [-0.15, -0.1) is 21.5 Å². The monoisotopic (exact) mass is 602 g/mol. The number of nitro benzene ring substituents is 1. The van der Waals surface area contributed by atoms with Crippen LogP contribution in [-0.4, -0.2) is 55.6 Å². The average molecular weight is 603 g/mol. The van der Waals surface area contributed by atoms with Gasteiger partial charge in [0, 0.05) is 24.7 Å². The number of esters is 1. The fourth-order valence-corrected chi connectivity index (χ4v) is 5.74. The topological polar surface area (TPSA) is 175 Å². The Labute approximate surface area is 244 Å². The molecule has 0 aliphatic rings. The number of Topliss-reactive ketones (excluding diaryl/α,β-unsaturated/α-hetero) is 1. The highest BCUT2D eigenvalue weighted by Crippen LogP contribution is 2.34. The zero-order valence-corrected chi connectivity index (χ0v) is 25.0. The lowest BCUT2D eigenvalue weighted by Gasteiger charge is -2.21. The molecule has 3 rings (SSSR count). The smallest absolute Gasteiger partial charge is 0.341 e. The van der Waals surface area contributed by atoms with E-state index in [-0.39, 0.29) is 45.9 Å². The van der Waals surface area contributed by atoms with Crippen molar-refractivity contribution in [3.05, 3.63) is 61.8 Å². The van der Waals surface area contributed by atoms with Crippen molar-refractivity contribution >= 4 is 57.4 Å². The molecule has 2 heterocycles. The number of non-ortho nitro benzene ring substituents is 1. The van der Waals surface area contributed by atoms with E-state index in [0.717, 1.165) is 23.1 Å². The second-order valence-electron chi connectivity index (χ2n) is 9.28. The lowest BCUT2D eigenvalue weighted by atomic mass is 10.0. The van der Waals surface area contributed by atoms with Gasteiger partial charge in [0.15, 0.2) is 16.8 Å². The van der Waals surface area contributed by atoms with Gasteiger partial charge in [0.25, 0.3) is 11.6 Å². The maximum atomic E-state index is 12.9. The molecule has 0 bridgehead atoms. The SMILES string of the molecule is CCOC(=O)c1c(NC(=O)CSc2nnc([C@@H](NC(=O)c3cccc([N+](=O)[O-])c3)C(C)C)n2C)sc(C(C)=O)c1C. The fraction of sp³-hybridized carbons (Fsp3) is 0.385. The number of thioether (sulfide) groups is 1. The number of anilines is 1. The van der Waals surface area contributed by atoms with Crippen LogP contribution in [-0.2, 0) is 16.6 Å². The predicted molar refractivity (Wildman–Crippen MR) is 154 cm³/mol. The highest BCUT2D eigenvalue weighted by atomic mass is 32.2. The third-order valence-corrected chi connectivity index (χ3v) is 8.28. The van der Waals surface area contributed by atoms with E-state index in [2.05, 4.69) is 20.8 Å². The number of thiophene rings is 1. The van der Waals surface area contributed by atoms with Crippen molar-refractivity contribution in [1.29, 1.82) is 0 Å². The first-order chi connectivity index (χ1) is 19.3. The number of nitro groups is 1. The van der Waals surface area contributed by atoms with E-state index >= 15 is 0 Å². The Hall–Kier alpha value is -4.11. The number of carbonyl (C=O) groups is 4. The molecule has 0 spiro atoms. The molecule has 1 aromatic carbocycles. The number of nitrogens with zero attached hydrogens (tertiary/aromatic N) is 4. The zero-order chi connectivity index (χ0) is 30.4. The lowest BCUT2D eigenvalue weighted by molar-refractivity contribution is -0.384. The summed E-state index contributed by atoms with van der Waals surface area (Å²) in [6.45, 7) is 8.59. The Morgan fingerprint density at radius 1 is 1.22 bits per heavy atom. The number of ketones is 1. The molecule has 218 valence electrons. The molecular weight excluding hydrogens is 572 g/mol. The third kappa shape index (κ3) is 7.35. The minimum absolute atomic E-state index is 0.0764. The fourth-order valence-electron chi connectivity index (χ4n) is 3.92. The number of hydrogen-bond acceptors (Lipinski definition) is 11. The number of nitrogens with one attached hydrogen (secondary N) is 2. The van der Waals surface area contributed by atoms with E-state index in [1.807, 2.05) is 13.8 Å². The summed E-state index contributed by atoms with van der Waals surface area (Å²) in [5, 5.41) is 25.7. The molecule has 41 heavy (non-hydrogen) atoms. The van der Waals surface area contributed by atoms with E-state index in [0.29, 0.717) is 21.4 Å². The third-order valence-electron chi connectivity index (χ3n) is 5.95. The lowest BCUT2D eigenvalue weighted by Crippen LogP contribution is -2.33. The second kappa shape index (κ2) is 13.5. The number of hydrogen-bond donors (Lipinski definition) is 2. The van der Waals surface area contributed by atoms with Crippen molar-refractivity contribution in [2.45, 2.75) is 45.8 Å². The molecule has 0 aliphatic heterocycles. The Bertz CT molecular complexity index is 1500. The predicted octanol–water partition coefficient (Wildman–Crippen LogP) is 4.33. The zero-order valence-electron chi connectivity index (χ0n) is 23.3. The van der Waals surface area contributed by atoms with Gasteiger partial charge in [-0.3, -0.25) is 24.5 Å². The summed E-state index contributed by atoms with van der Waals surface area (Å²) in [4.78, 5) is 61.1. The molecule has 0 radical (unpaired) electrons. The van der Waals surface area contributed by atoms with Crippen molar-refractivity contribution in [2.24, 2.45) is 13.0 Å². The van der Waals surface area contributed by atoms with Gasteiger partial charge in [0.1, 0.15) is 5.00 Å². The molecule has 13 nitrogen and oxygen atoms in total. The Balaban J connectivity index is 1.73. The average Bonchev–Trinajstić information content (AvgIpc) is 3.44. The highest BCUT2D eigenvalue weighted by molar-refractivity contribution is 7.99. The maximum absolute atomic E-state index is 12.9. The van der Waals surface area contributed by atoms with Crippen LogP contribution in [0.3, 0.4) is 0 Å². The molecule has 2 aromatic heterocycles. The highest BCUT2D eigenvalue weighted by Gasteiger charge is 2.27. The summed E-state index contributed by atoms with van der Waals surface area (Å²) in [6, 6.07) is 4.85. The first-order valence-electron chi connectivity index (χ1n) is 12.5. The number of rotatable bonds is 12. The molecule has 0 saturated heterocycles. The summed E-state index contributed by atoms with van der Waals surface area (Å²) in [6.07, 6.45) is 0. The number of amides is 2. The molecule has 2 N–H and O–H groups in total. The Kier molecular flexibility index (Phi) is 10.3. The van der Waals surface area contributed by atoms with Crippen LogP contribution in [0.15, 0.2) is 29.4 Å². The van der Waals surface area contributed by atoms with Crippen LogP contribution in [0.2, 0.25) is 0 Å². The van der Waals surface area contributed by atoms with Crippen LogP contribution < -0.4 is 10.6 Å². The number of benzene rings is 1. The summed E-state index contributed by atoms with van der Waals surface area (Å²) in [5.74, 6) is -1.53. The van der Waals surface area contributed by atoms with Gasteiger partial charge < -0.3 is 19.9 Å². The largest absolute Gasteiger partial charge is 0.462 e. The standard InChI is InChI=1S/C26H30N6O7S2/c1-7-39-25(36)19-14(4)21(15(5)33)41-24(19)27-18(34)12-40-26-30-29-22(31(26)6)20(13(2)3)28-23(35)16-9-8-10-17(11-16)32(37)38/h8-11,13,20H,7,12H2,1-6H3,(H,27,34)(H,28,35)/t20-/m0/s1. The van der Waals surface area contributed by atoms with Gasteiger partial charge in [-0.2, -0.15) is 0 Å². The van der Waals surface area contributed by atoms with Crippen molar-refractivity contribution in [3.63, 3.8) is 0 Å². The first-order valence-corrected chi connectivity index (χ1v) is 14.3. The van der Waals surface area contributed by atoms with Crippen LogP contribution in [0.1, 0.15) is 75.5 Å². The van der Waals surface area contributed by atoms with Crippen LogP contribution in [0.25, 0.3) is 0 Å². The van der Waals surface area contributed by atoms with Gasteiger partial charge >= 0.3 is 5.97 Å². The second-order valence-corrected chi connectivity index (χ2v) is 11.2. The molecular formula is C26H30N6O7S2. The number of carbonyl (C=O) groups excluding carboxylic acids is 4. The number of ether oxygens (including phenoxy) is 1. The van der Waals surface area contributed by atoms with Crippen LogP contribution in [0, 0.1) is 23.0 Å². The molecule has 15 heteroatoms. The number of aromatic nitrogens is 3. The first kappa shape index (κ1) is 31.4. The van der Waals surface area contributed by atoms with Gasteiger partial charge in [0.05, 0.1) is 33.8 Å². The Morgan fingerprint density at radius 2 is 1.93 bits per heavy atom. The minimum Gasteiger partial charge on any atom is -0.462 e. The van der Waals surface area contributed by atoms with Crippen molar-refractivity contribution in [2.75, 3.05) is 17.7 Å². The molecule has 3 aromatic rings. The van der Waals surface area contributed by atoms with Gasteiger partial charge in [0.2, 0.25) is 5.91 Å². The quantitative estimate of drug-likeness (QED) is 0.0997. The summed E-state index contributed by atoms with van der Waals surface area (Å²) < 4.78 is 6.76. The molecule has 0 unspecified atom stereocenters. The molecule has 1 atom stereocenters. The van der Waals surface area contributed by atoms with Crippen molar-refractivity contribution in [3.8, 4) is 0 Å². The minimum atomic E-state index is -0.624. The van der Waals surface area contributed by atoms with Gasteiger partial charge in [-0.25, -0.2) is 4.79 Å². The van der Waals surface area contributed by atoms with Gasteiger partial charge in [-0.1, -0.05) is 31.7 Å². The van der Waals surface area contributed by atoms with Crippen LogP contribution >= 0.6 is 23.1 Å². The Morgan fingerprint density at radius 3 is 2.54 bits per heavy atom. The van der Waals surface area contributed by atoms with E-state index in [9.17, 15) is 29.3 Å². The molecule has 0 fully saturated rings. The van der Waals surface area contributed by atoms with Crippen LogP contribution in [0.5, 0.6) is 0 Å². The van der Waals surface area contributed by atoms with E-state index in [4.69, 9.17) is 4.74 Å². The van der Waals surface area contributed by atoms with Crippen molar-refractivity contribution in [1.82, 2.24) is 20.1 Å². The van der Waals surface area contributed by atoms with E-state index in [1.54, 1.807) is 25.5 Å². The van der Waals surface area contributed by atoms with Gasteiger partial charge in [-0.05, 0) is 38.3 Å². The summed E-state index contributed by atoms with van der Waals surface area (Å²) >= 11 is 2.11. The molecule has 2 amide bonds. The normalized spacial score (nSPS) is 11.7. The molecule has 0 aliphatic carbocycles. The van der Waals surface area contributed by atoms with E-state index in [1.165, 1.54) is 31.2 Å². The molecule has 0 saturated carbocycles. The van der Waals surface area contributed by atoms with Crippen molar-refractivity contribution < 1.29 is 28.8 Å². The summed E-state index contributed by atoms with van der Waals surface area (Å²) in [7, 11) is 1.70. The van der Waals surface area contributed by atoms with E-state index < -0.39 is 28.7 Å².